The van der Waals surface area contributed by atoms with Gasteiger partial charge in [0.1, 0.15) is 0 Å². The van der Waals surface area contributed by atoms with Gasteiger partial charge in [0.2, 0.25) is 5.91 Å². The third-order valence-electron chi connectivity index (χ3n) is 5.61. The quantitative estimate of drug-likeness (QED) is 0.839. The second kappa shape index (κ2) is 7.91. The summed E-state index contributed by atoms with van der Waals surface area (Å²) in [5.41, 5.74) is 3.13. The molecule has 1 heterocycles. The summed E-state index contributed by atoms with van der Waals surface area (Å²) >= 11 is 6.00. The Kier molecular flexibility index (Phi) is 5.37. The van der Waals surface area contributed by atoms with Crippen LogP contribution in [0.3, 0.4) is 0 Å². The highest BCUT2D eigenvalue weighted by molar-refractivity contribution is 6.30. The monoisotopic (exact) mass is 383 g/mol. The highest BCUT2D eigenvalue weighted by Crippen LogP contribution is 2.43. The lowest BCUT2D eigenvalue weighted by molar-refractivity contribution is -0.118. The first kappa shape index (κ1) is 18.3. The van der Waals surface area contributed by atoms with Crippen molar-refractivity contribution in [3.8, 4) is 0 Å². The zero-order valence-electron chi connectivity index (χ0n) is 15.7. The molecule has 4 rings (SSSR count). The highest BCUT2D eigenvalue weighted by Gasteiger charge is 2.37. The van der Waals surface area contributed by atoms with Crippen LogP contribution in [0.25, 0.3) is 0 Å². The van der Waals surface area contributed by atoms with E-state index in [9.17, 15) is 4.79 Å². The van der Waals surface area contributed by atoms with E-state index in [1.807, 2.05) is 36.4 Å². The van der Waals surface area contributed by atoms with Crippen LogP contribution in [-0.4, -0.2) is 44.0 Å². The number of rotatable bonds is 5. The number of carbonyl (C=O) groups excluding carboxylic acids is 1. The number of carbonyl (C=O) groups is 1. The summed E-state index contributed by atoms with van der Waals surface area (Å²) in [4.78, 5) is 17.7. The minimum absolute atomic E-state index is 0.0761. The van der Waals surface area contributed by atoms with Crippen molar-refractivity contribution >= 4 is 28.9 Å². The van der Waals surface area contributed by atoms with Gasteiger partial charge < -0.3 is 15.1 Å². The fourth-order valence-corrected chi connectivity index (χ4v) is 3.90. The number of hydrogen-bond acceptors (Lipinski definition) is 3. The van der Waals surface area contributed by atoms with Crippen LogP contribution in [0.15, 0.2) is 48.5 Å². The van der Waals surface area contributed by atoms with Gasteiger partial charge in [-0.2, -0.15) is 0 Å². The summed E-state index contributed by atoms with van der Waals surface area (Å²) in [5.74, 6) is 0.419. The largest absolute Gasteiger partial charge is 0.369 e. The van der Waals surface area contributed by atoms with Gasteiger partial charge in [-0.15, -0.1) is 0 Å². The average Bonchev–Trinajstić information content (AvgIpc) is 3.50. The van der Waals surface area contributed by atoms with Crippen LogP contribution in [0.1, 0.15) is 24.3 Å². The summed E-state index contributed by atoms with van der Waals surface area (Å²) in [7, 11) is 2.16. The number of hydrogen-bond donors (Lipinski definition) is 1. The lowest BCUT2D eigenvalue weighted by Gasteiger charge is -2.34. The van der Waals surface area contributed by atoms with Gasteiger partial charge in [-0.25, -0.2) is 0 Å². The molecule has 1 amide bonds. The van der Waals surface area contributed by atoms with Crippen LogP contribution in [0.2, 0.25) is 5.02 Å². The fourth-order valence-electron chi connectivity index (χ4n) is 3.78. The average molecular weight is 384 g/mol. The van der Waals surface area contributed by atoms with Crippen LogP contribution in [0.4, 0.5) is 11.4 Å². The molecule has 2 aliphatic rings. The van der Waals surface area contributed by atoms with E-state index in [4.69, 9.17) is 11.6 Å². The Balaban J connectivity index is 1.43. The molecule has 2 aromatic carbocycles. The first-order valence-electron chi connectivity index (χ1n) is 9.70. The van der Waals surface area contributed by atoms with Crippen molar-refractivity contribution in [1.82, 2.24) is 4.90 Å². The predicted octanol–water partition coefficient (Wildman–Crippen LogP) is 4.22. The molecule has 142 valence electrons. The van der Waals surface area contributed by atoms with E-state index in [-0.39, 0.29) is 11.8 Å². The van der Waals surface area contributed by atoms with E-state index >= 15 is 0 Å². The topological polar surface area (TPSA) is 35.6 Å². The maximum absolute atomic E-state index is 12.9. The fraction of sp³-hybridized carbons (Fsp3) is 0.409. The molecule has 2 fully saturated rings. The third-order valence-corrected chi connectivity index (χ3v) is 5.86. The van der Waals surface area contributed by atoms with Crippen molar-refractivity contribution in [2.75, 3.05) is 43.4 Å². The number of benzene rings is 2. The zero-order chi connectivity index (χ0) is 18.8. The van der Waals surface area contributed by atoms with E-state index in [1.54, 1.807) is 0 Å². The molecule has 0 radical (unpaired) electrons. The minimum Gasteiger partial charge on any atom is -0.369 e. The molecule has 27 heavy (non-hydrogen) atoms. The smallest absolute Gasteiger partial charge is 0.232 e. The number of likely N-dealkylation sites (N-methyl/N-ethyl adjacent to an activating group) is 1. The normalized spacial score (nSPS) is 19.0. The molecule has 1 aliphatic heterocycles. The van der Waals surface area contributed by atoms with Crippen LogP contribution in [-0.2, 0) is 4.79 Å². The molecule has 1 N–H and O–H groups in total. The van der Waals surface area contributed by atoms with E-state index in [2.05, 4.69) is 34.3 Å². The Morgan fingerprint density at radius 2 is 1.63 bits per heavy atom. The molecule has 0 bridgehead atoms. The molecule has 1 saturated carbocycles. The highest BCUT2D eigenvalue weighted by atomic mass is 35.5. The summed E-state index contributed by atoms with van der Waals surface area (Å²) in [5, 5.41) is 3.82. The molecule has 1 saturated heterocycles. The van der Waals surface area contributed by atoms with Crippen molar-refractivity contribution in [2.45, 2.75) is 18.8 Å². The standard InChI is InChI=1S/C22H26ClN3O/c1-25-12-14-26(15-13-25)20-10-8-19(9-11-20)24-22(27)21(16-2-3-16)17-4-6-18(23)7-5-17/h4-11,16,21H,2-3,12-15H2,1H3,(H,24,27). The number of nitrogens with one attached hydrogen (secondary N) is 1. The number of amides is 1. The summed E-state index contributed by atoms with van der Waals surface area (Å²) < 4.78 is 0. The maximum Gasteiger partial charge on any atom is 0.232 e. The van der Waals surface area contributed by atoms with E-state index in [0.29, 0.717) is 10.9 Å². The lowest BCUT2D eigenvalue weighted by atomic mass is 9.93. The van der Waals surface area contributed by atoms with Gasteiger partial charge in [0, 0.05) is 42.6 Å². The number of anilines is 2. The molecule has 5 heteroatoms. The van der Waals surface area contributed by atoms with E-state index in [0.717, 1.165) is 50.3 Å². The second-order valence-electron chi connectivity index (χ2n) is 7.69. The first-order chi connectivity index (χ1) is 13.1. The Morgan fingerprint density at radius 1 is 1.00 bits per heavy atom. The Labute approximate surface area is 166 Å². The SMILES string of the molecule is CN1CCN(c2ccc(NC(=O)C(c3ccc(Cl)cc3)C3CC3)cc2)CC1. The molecule has 1 aliphatic carbocycles. The zero-order valence-corrected chi connectivity index (χ0v) is 16.5. The summed E-state index contributed by atoms with van der Waals surface area (Å²) in [6, 6.07) is 15.9. The molecule has 4 nitrogen and oxygen atoms in total. The van der Waals surface area contributed by atoms with Gasteiger partial charge in [-0.05, 0) is 67.8 Å². The van der Waals surface area contributed by atoms with E-state index < -0.39 is 0 Å². The molecular weight excluding hydrogens is 358 g/mol. The minimum atomic E-state index is -0.0976. The molecular formula is C22H26ClN3O. The Morgan fingerprint density at radius 3 is 2.22 bits per heavy atom. The van der Waals surface area contributed by atoms with Crippen molar-refractivity contribution in [2.24, 2.45) is 5.92 Å². The van der Waals surface area contributed by atoms with Gasteiger partial charge >= 0.3 is 0 Å². The Bertz CT molecular complexity index is 778. The third kappa shape index (κ3) is 4.45. The van der Waals surface area contributed by atoms with Gasteiger partial charge in [0.05, 0.1) is 5.92 Å². The first-order valence-corrected chi connectivity index (χ1v) is 10.1. The molecule has 1 unspecified atom stereocenters. The number of nitrogens with zero attached hydrogens (tertiary/aromatic N) is 2. The van der Waals surface area contributed by atoms with Crippen LogP contribution in [0, 0.1) is 5.92 Å². The van der Waals surface area contributed by atoms with Crippen molar-refractivity contribution in [3.05, 3.63) is 59.1 Å². The molecule has 0 spiro atoms. The van der Waals surface area contributed by atoms with E-state index in [1.165, 1.54) is 5.69 Å². The molecule has 2 aromatic rings. The lowest BCUT2D eigenvalue weighted by Crippen LogP contribution is -2.44. The van der Waals surface area contributed by atoms with Crippen LogP contribution < -0.4 is 10.2 Å². The maximum atomic E-state index is 12.9. The Hall–Kier alpha value is -2.04. The van der Waals surface area contributed by atoms with Gasteiger partial charge in [-0.1, -0.05) is 23.7 Å². The summed E-state index contributed by atoms with van der Waals surface area (Å²) in [6.07, 6.45) is 2.23. The van der Waals surface area contributed by atoms with Crippen LogP contribution >= 0.6 is 11.6 Å². The van der Waals surface area contributed by atoms with Crippen molar-refractivity contribution in [1.29, 1.82) is 0 Å². The molecule has 1 atom stereocenters. The number of halogens is 1. The second-order valence-corrected chi connectivity index (χ2v) is 8.13. The van der Waals surface area contributed by atoms with Crippen molar-refractivity contribution in [3.63, 3.8) is 0 Å². The van der Waals surface area contributed by atoms with Crippen molar-refractivity contribution < 1.29 is 4.79 Å². The van der Waals surface area contributed by atoms with Gasteiger partial charge in [-0.3, -0.25) is 4.79 Å². The summed E-state index contributed by atoms with van der Waals surface area (Å²) in [6.45, 7) is 4.26. The predicted molar refractivity (Wildman–Crippen MR) is 112 cm³/mol. The number of piperazine rings is 1. The van der Waals surface area contributed by atoms with Gasteiger partial charge in [0.15, 0.2) is 0 Å². The molecule has 0 aromatic heterocycles. The van der Waals surface area contributed by atoms with Gasteiger partial charge in [0.25, 0.3) is 0 Å². The van der Waals surface area contributed by atoms with Crippen LogP contribution in [0.5, 0.6) is 0 Å².